The van der Waals surface area contributed by atoms with Gasteiger partial charge in [0.05, 0.1) is 28.0 Å². The quantitative estimate of drug-likeness (QED) is 0.107. The minimum atomic E-state index is -4.22. The first-order chi connectivity index (χ1) is 21.2. The molecule has 250 valence electrons. The minimum Gasteiger partial charge on any atom is -0.416 e. The zero-order valence-corrected chi connectivity index (χ0v) is 30.3. The minimum absolute atomic E-state index is 0.00458. The van der Waals surface area contributed by atoms with Gasteiger partial charge in [0.25, 0.3) is 0 Å². The van der Waals surface area contributed by atoms with Crippen molar-refractivity contribution >= 4 is 28.0 Å². The van der Waals surface area contributed by atoms with Gasteiger partial charge in [0.1, 0.15) is 5.25 Å². The van der Waals surface area contributed by atoms with Crippen molar-refractivity contribution in [1.82, 2.24) is 5.06 Å². The van der Waals surface area contributed by atoms with Crippen LogP contribution in [0.25, 0.3) is 0 Å². The fourth-order valence-electron chi connectivity index (χ4n) is 8.30. The topological polar surface area (TPSA) is 103 Å². The van der Waals surface area contributed by atoms with Gasteiger partial charge in [-0.05, 0) is 73.0 Å². The summed E-state index contributed by atoms with van der Waals surface area (Å²) >= 11 is 0. The highest BCUT2D eigenvalue weighted by Crippen LogP contribution is 2.57. The fraction of sp³-hybridized carbons (Fsp3) is 0.647. The Hall–Kier alpha value is -1.60. The first-order valence-electron chi connectivity index (χ1n) is 16.5. The third-order valence-electron chi connectivity index (χ3n) is 10.6. The molecule has 0 aromatic heterocycles. The third kappa shape index (κ3) is 6.23. The summed E-state index contributed by atoms with van der Waals surface area (Å²) < 4.78 is 69.8. The predicted octanol–water partition coefficient (Wildman–Crippen LogP) is 6.93. The molecule has 0 spiro atoms. The summed E-state index contributed by atoms with van der Waals surface area (Å²) in [6.45, 7) is 15.1. The summed E-state index contributed by atoms with van der Waals surface area (Å²) in [7, 11) is -10.3. The highest BCUT2D eigenvalue weighted by atomic mass is 32.2. The van der Waals surface area contributed by atoms with Crippen LogP contribution in [0.1, 0.15) is 80.1 Å². The molecular formula is C34H51NO7S2Si. The van der Waals surface area contributed by atoms with Crippen LogP contribution in [0.3, 0.4) is 0 Å². The van der Waals surface area contributed by atoms with E-state index in [1.807, 2.05) is 0 Å². The van der Waals surface area contributed by atoms with Crippen molar-refractivity contribution in [2.75, 3.05) is 19.8 Å². The maximum Gasteiger partial charge on any atom is 0.214 e. The summed E-state index contributed by atoms with van der Waals surface area (Å²) in [4.78, 5) is 4.73. The molecule has 11 heteroatoms. The lowest BCUT2D eigenvalue weighted by Crippen LogP contribution is -2.57. The number of hydroxylamine groups is 2. The zero-order valence-electron chi connectivity index (χ0n) is 27.6. The van der Waals surface area contributed by atoms with Gasteiger partial charge >= 0.3 is 0 Å². The summed E-state index contributed by atoms with van der Waals surface area (Å²) in [5.74, 6) is 0. The summed E-state index contributed by atoms with van der Waals surface area (Å²) in [6, 6.07) is 16.3. The van der Waals surface area contributed by atoms with E-state index in [1.54, 1.807) is 41.5 Å². The average molecular weight is 678 g/mol. The molecule has 5 rings (SSSR count). The number of piperidine rings is 1. The van der Waals surface area contributed by atoms with E-state index in [9.17, 15) is 16.8 Å². The van der Waals surface area contributed by atoms with Crippen molar-refractivity contribution in [2.24, 2.45) is 0 Å². The van der Waals surface area contributed by atoms with Crippen molar-refractivity contribution in [3.8, 4) is 0 Å². The zero-order chi connectivity index (χ0) is 32.7. The summed E-state index contributed by atoms with van der Waals surface area (Å²) in [6.07, 6.45) is 4.05. The van der Waals surface area contributed by atoms with Gasteiger partial charge in [-0.3, -0.25) is 4.84 Å². The van der Waals surface area contributed by atoms with Gasteiger partial charge in [-0.15, -0.1) is 0 Å². The second-order valence-electron chi connectivity index (χ2n) is 14.1. The van der Waals surface area contributed by atoms with E-state index in [2.05, 4.69) is 41.5 Å². The molecular weight excluding hydrogens is 627 g/mol. The first kappa shape index (κ1) is 34.7. The smallest absolute Gasteiger partial charge is 0.214 e. The number of nitrogens with zero attached hydrogens (tertiary/aromatic N) is 1. The Bertz CT molecular complexity index is 1490. The van der Waals surface area contributed by atoms with Gasteiger partial charge in [0.15, 0.2) is 18.2 Å². The molecule has 0 aliphatic carbocycles. The van der Waals surface area contributed by atoms with Crippen LogP contribution in [0.2, 0.25) is 16.6 Å². The lowest BCUT2D eigenvalue weighted by Gasteiger charge is -2.42. The van der Waals surface area contributed by atoms with Gasteiger partial charge in [0.2, 0.25) is 14.8 Å². The maximum atomic E-state index is 14.6. The number of benzene rings is 2. The molecule has 5 atom stereocenters. The van der Waals surface area contributed by atoms with E-state index in [0.717, 1.165) is 19.3 Å². The molecule has 0 amide bonds. The van der Waals surface area contributed by atoms with Gasteiger partial charge < -0.3 is 9.16 Å². The Kier molecular flexibility index (Phi) is 10.1. The van der Waals surface area contributed by atoms with E-state index >= 15 is 0 Å². The number of fused-ring (bicyclic) bond motifs is 2. The molecule has 3 aliphatic heterocycles. The largest absolute Gasteiger partial charge is 0.416 e. The molecule has 1 unspecified atom stereocenters. The second-order valence-corrected chi connectivity index (χ2v) is 23.9. The number of sulfone groups is 2. The molecule has 2 bridgehead atoms. The summed E-state index contributed by atoms with van der Waals surface area (Å²) in [5, 5.41) is 0.470. The SMILES string of the molecule is CC(C)[Si](OCCCC[C@]1(CC[C@@H]2CO2)C[C@@]2(S(=O)(=O)c3ccccc3)ON1C[C@H]2S(=O)(=O)c1ccccc1)(C(C)C)C(C)C. The third-order valence-corrected chi connectivity index (χ3v) is 21.4. The van der Waals surface area contributed by atoms with E-state index in [1.165, 1.54) is 24.3 Å². The molecule has 0 saturated carbocycles. The molecule has 3 heterocycles. The number of hydrogen-bond donors (Lipinski definition) is 0. The lowest BCUT2D eigenvalue weighted by molar-refractivity contribution is -0.157. The number of unbranched alkanes of at least 4 members (excludes halogenated alkanes) is 1. The Balaban J connectivity index is 1.44. The fourth-order valence-corrected chi connectivity index (χ4v) is 18.3. The maximum absolute atomic E-state index is 14.6. The molecule has 3 aliphatic rings. The highest BCUT2D eigenvalue weighted by Gasteiger charge is 2.73. The van der Waals surface area contributed by atoms with Gasteiger partial charge in [-0.1, -0.05) is 77.9 Å². The van der Waals surface area contributed by atoms with Gasteiger partial charge in [0, 0.05) is 19.6 Å². The standard InChI is InChI=1S/C34H51NO7S2Si/c1-26(2)45(27(3)4,28(5)6)41-22-14-13-20-33(21-19-29-24-40-29)25-34(44(38,39)31-17-11-8-12-18-31)32(23-35(33)42-34)43(36,37)30-15-9-7-10-16-30/h7-12,15-18,26-29,32H,13-14,19-25H2,1-6H3/t29-,32-,33+,34+/m1/s1. The van der Waals surface area contributed by atoms with E-state index in [-0.39, 0.29) is 28.9 Å². The van der Waals surface area contributed by atoms with Crippen molar-refractivity contribution in [3.63, 3.8) is 0 Å². The van der Waals surface area contributed by atoms with Gasteiger partial charge in [-0.2, -0.15) is 5.06 Å². The predicted molar refractivity (Wildman–Crippen MR) is 179 cm³/mol. The van der Waals surface area contributed by atoms with Crippen LogP contribution in [0.4, 0.5) is 0 Å². The van der Waals surface area contributed by atoms with Crippen LogP contribution in [0.15, 0.2) is 70.5 Å². The first-order valence-corrected chi connectivity index (χ1v) is 21.7. The molecule has 3 saturated heterocycles. The van der Waals surface area contributed by atoms with E-state index < -0.39 is 43.7 Å². The van der Waals surface area contributed by atoms with E-state index in [4.69, 9.17) is 14.0 Å². The second kappa shape index (κ2) is 13.1. The Morgan fingerprint density at radius 2 is 1.40 bits per heavy atom. The Morgan fingerprint density at radius 3 is 1.93 bits per heavy atom. The van der Waals surface area contributed by atoms with Crippen LogP contribution < -0.4 is 0 Å². The average Bonchev–Trinajstić information content (AvgIpc) is 3.67. The molecule has 2 aromatic carbocycles. The summed E-state index contributed by atoms with van der Waals surface area (Å²) in [5.41, 5.74) is 0.871. The van der Waals surface area contributed by atoms with Crippen LogP contribution in [0.5, 0.6) is 0 Å². The Morgan fingerprint density at radius 1 is 0.844 bits per heavy atom. The highest BCUT2D eigenvalue weighted by molar-refractivity contribution is 7.96. The molecule has 0 radical (unpaired) electrons. The molecule has 0 N–H and O–H groups in total. The van der Waals surface area contributed by atoms with Gasteiger partial charge in [-0.25, -0.2) is 16.8 Å². The van der Waals surface area contributed by atoms with E-state index in [0.29, 0.717) is 42.7 Å². The molecule has 2 aromatic rings. The van der Waals surface area contributed by atoms with Crippen LogP contribution in [0, 0.1) is 0 Å². The number of epoxide rings is 1. The Labute approximate surface area is 271 Å². The van der Waals surface area contributed by atoms with Crippen LogP contribution in [-0.4, -0.2) is 71.8 Å². The monoisotopic (exact) mass is 677 g/mol. The van der Waals surface area contributed by atoms with Crippen molar-refractivity contribution in [2.45, 2.75) is 128 Å². The normalized spacial score (nSPS) is 28.4. The molecule has 8 nitrogen and oxygen atoms in total. The van der Waals surface area contributed by atoms with Crippen LogP contribution >= 0.6 is 0 Å². The van der Waals surface area contributed by atoms with Crippen LogP contribution in [-0.2, 0) is 33.7 Å². The number of rotatable bonds is 16. The lowest BCUT2D eigenvalue weighted by atomic mass is 9.79. The molecule has 3 fully saturated rings. The number of ether oxygens (including phenoxy) is 1. The molecule has 45 heavy (non-hydrogen) atoms. The number of hydrogen-bond acceptors (Lipinski definition) is 8. The van der Waals surface area contributed by atoms with Crippen molar-refractivity contribution in [1.29, 1.82) is 0 Å². The van der Waals surface area contributed by atoms with Crippen molar-refractivity contribution in [3.05, 3.63) is 60.7 Å². The van der Waals surface area contributed by atoms with Crippen molar-refractivity contribution < 1.29 is 30.8 Å².